The number of thiophene rings is 1. The molecule has 102 valence electrons. The quantitative estimate of drug-likeness (QED) is 0.888. The third-order valence-electron chi connectivity index (χ3n) is 2.83. The minimum absolute atomic E-state index is 0. The van der Waals surface area contributed by atoms with Crippen LogP contribution in [0.3, 0.4) is 0 Å². The number of hydrogen-bond donors (Lipinski definition) is 2. The van der Waals surface area contributed by atoms with Gasteiger partial charge < -0.3 is 15.4 Å². The molecule has 0 radical (unpaired) electrons. The minimum atomic E-state index is -0.349. The van der Waals surface area contributed by atoms with E-state index in [-0.39, 0.29) is 30.5 Å². The summed E-state index contributed by atoms with van der Waals surface area (Å²) in [5.41, 5.74) is 0. The average Bonchev–Trinajstić information content (AvgIpc) is 2.90. The summed E-state index contributed by atoms with van der Waals surface area (Å²) >= 11 is 1.67. The largest absolute Gasteiger partial charge is 0.366 e. The number of hydrogen-bond acceptors (Lipinski definition) is 4. The first-order valence-electron chi connectivity index (χ1n) is 5.97. The van der Waals surface area contributed by atoms with Gasteiger partial charge in [0.2, 0.25) is 0 Å². The van der Waals surface area contributed by atoms with E-state index in [0.29, 0.717) is 13.2 Å². The zero-order valence-electron chi connectivity index (χ0n) is 10.3. The molecule has 1 saturated heterocycles. The first-order valence-corrected chi connectivity index (χ1v) is 6.85. The number of ether oxygens (including phenoxy) is 1. The maximum atomic E-state index is 12.0. The Balaban J connectivity index is 0.00000162. The SMILES string of the molecule is CCC(NC(=O)C1CNCCO1)c1cccs1.Cl. The molecule has 1 aliphatic rings. The Bertz CT molecular complexity index is 353. The molecule has 0 spiro atoms. The van der Waals surface area contributed by atoms with Gasteiger partial charge in [-0.1, -0.05) is 13.0 Å². The van der Waals surface area contributed by atoms with Crippen molar-refractivity contribution >= 4 is 29.7 Å². The second-order valence-electron chi connectivity index (χ2n) is 4.05. The fourth-order valence-corrected chi connectivity index (χ4v) is 2.72. The number of halogens is 1. The molecule has 2 unspecified atom stereocenters. The van der Waals surface area contributed by atoms with E-state index in [4.69, 9.17) is 4.74 Å². The Morgan fingerprint density at radius 1 is 1.72 bits per heavy atom. The normalized spacial score (nSPS) is 20.8. The van der Waals surface area contributed by atoms with Gasteiger partial charge in [0.15, 0.2) is 0 Å². The molecule has 4 nitrogen and oxygen atoms in total. The summed E-state index contributed by atoms with van der Waals surface area (Å²) < 4.78 is 5.43. The van der Waals surface area contributed by atoms with Crippen LogP contribution in [-0.2, 0) is 9.53 Å². The van der Waals surface area contributed by atoms with E-state index in [0.717, 1.165) is 13.0 Å². The number of amides is 1. The molecule has 1 aromatic heterocycles. The predicted molar refractivity (Wildman–Crippen MR) is 75.4 cm³/mol. The molecular formula is C12H19ClN2O2S. The molecular weight excluding hydrogens is 272 g/mol. The van der Waals surface area contributed by atoms with Gasteiger partial charge in [0.25, 0.3) is 5.91 Å². The van der Waals surface area contributed by atoms with Crippen molar-refractivity contribution in [2.45, 2.75) is 25.5 Å². The van der Waals surface area contributed by atoms with Crippen LogP contribution in [0.25, 0.3) is 0 Å². The van der Waals surface area contributed by atoms with E-state index in [1.165, 1.54) is 4.88 Å². The van der Waals surface area contributed by atoms with Crippen molar-refractivity contribution in [1.29, 1.82) is 0 Å². The summed E-state index contributed by atoms with van der Waals surface area (Å²) in [6.07, 6.45) is 0.546. The standard InChI is InChI=1S/C12H18N2O2S.ClH/c1-2-9(11-4-3-7-17-11)14-12(15)10-8-13-5-6-16-10;/h3-4,7,9-10,13H,2,5-6,8H2,1H3,(H,14,15);1H. The maximum absolute atomic E-state index is 12.0. The summed E-state index contributed by atoms with van der Waals surface area (Å²) in [5, 5.41) is 8.23. The third kappa shape index (κ3) is 3.95. The van der Waals surface area contributed by atoms with Gasteiger partial charge >= 0.3 is 0 Å². The maximum Gasteiger partial charge on any atom is 0.250 e. The average molecular weight is 291 g/mol. The predicted octanol–water partition coefficient (Wildman–Crippen LogP) is 1.73. The molecule has 1 amide bonds. The lowest BCUT2D eigenvalue weighted by Gasteiger charge is -2.25. The van der Waals surface area contributed by atoms with Crippen LogP contribution in [0.5, 0.6) is 0 Å². The number of rotatable bonds is 4. The van der Waals surface area contributed by atoms with Crippen molar-refractivity contribution < 1.29 is 9.53 Å². The van der Waals surface area contributed by atoms with E-state index in [2.05, 4.69) is 23.6 Å². The van der Waals surface area contributed by atoms with Crippen LogP contribution in [0.1, 0.15) is 24.3 Å². The van der Waals surface area contributed by atoms with Crippen LogP contribution in [0, 0.1) is 0 Å². The summed E-state index contributed by atoms with van der Waals surface area (Å²) in [6, 6.07) is 4.17. The second kappa shape index (κ2) is 7.74. The Labute approximate surface area is 118 Å². The van der Waals surface area contributed by atoms with Gasteiger partial charge in [-0.05, 0) is 17.9 Å². The highest BCUT2D eigenvalue weighted by atomic mass is 35.5. The van der Waals surface area contributed by atoms with Gasteiger partial charge in [-0.25, -0.2) is 0 Å². The zero-order chi connectivity index (χ0) is 12.1. The van der Waals surface area contributed by atoms with Crippen molar-refractivity contribution in [2.75, 3.05) is 19.7 Å². The molecule has 0 saturated carbocycles. The minimum Gasteiger partial charge on any atom is -0.366 e. The number of morpholine rings is 1. The Morgan fingerprint density at radius 2 is 2.56 bits per heavy atom. The third-order valence-corrected chi connectivity index (χ3v) is 3.82. The van der Waals surface area contributed by atoms with Crippen LogP contribution < -0.4 is 10.6 Å². The number of carbonyl (C=O) groups excluding carboxylic acids is 1. The van der Waals surface area contributed by atoms with Gasteiger partial charge in [0.05, 0.1) is 12.6 Å². The summed E-state index contributed by atoms with van der Waals surface area (Å²) in [5.74, 6) is -0.0162. The monoisotopic (exact) mass is 290 g/mol. The van der Waals surface area contributed by atoms with Crippen molar-refractivity contribution in [2.24, 2.45) is 0 Å². The molecule has 0 aromatic carbocycles. The molecule has 1 fully saturated rings. The Kier molecular flexibility index (Phi) is 6.63. The van der Waals surface area contributed by atoms with Gasteiger partial charge in [0.1, 0.15) is 6.10 Å². The van der Waals surface area contributed by atoms with Crippen LogP contribution in [0.4, 0.5) is 0 Å². The summed E-state index contributed by atoms with van der Waals surface area (Å²) in [4.78, 5) is 13.2. The van der Waals surface area contributed by atoms with Crippen molar-refractivity contribution in [3.05, 3.63) is 22.4 Å². The van der Waals surface area contributed by atoms with E-state index in [1.807, 2.05) is 11.4 Å². The molecule has 6 heteroatoms. The summed E-state index contributed by atoms with van der Waals surface area (Å²) in [7, 11) is 0. The molecule has 1 aliphatic heterocycles. The highest BCUT2D eigenvalue weighted by Gasteiger charge is 2.24. The van der Waals surface area contributed by atoms with E-state index >= 15 is 0 Å². The van der Waals surface area contributed by atoms with Gasteiger partial charge in [-0.15, -0.1) is 23.7 Å². The van der Waals surface area contributed by atoms with Crippen LogP contribution in [-0.4, -0.2) is 31.7 Å². The lowest BCUT2D eigenvalue weighted by Crippen LogP contribution is -2.48. The second-order valence-corrected chi connectivity index (χ2v) is 5.03. The molecule has 0 aliphatic carbocycles. The first kappa shape index (κ1) is 15.4. The van der Waals surface area contributed by atoms with Gasteiger partial charge in [0, 0.05) is 18.0 Å². The lowest BCUT2D eigenvalue weighted by atomic mass is 10.1. The molecule has 0 bridgehead atoms. The lowest BCUT2D eigenvalue weighted by molar-refractivity contribution is -0.135. The zero-order valence-corrected chi connectivity index (χ0v) is 12.0. The number of nitrogens with one attached hydrogen (secondary N) is 2. The van der Waals surface area contributed by atoms with Crippen LogP contribution in [0.2, 0.25) is 0 Å². The molecule has 2 heterocycles. The van der Waals surface area contributed by atoms with Crippen molar-refractivity contribution in [1.82, 2.24) is 10.6 Å². The van der Waals surface area contributed by atoms with Crippen molar-refractivity contribution in [3.8, 4) is 0 Å². The van der Waals surface area contributed by atoms with Gasteiger partial charge in [-0.2, -0.15) is 0 Å². The molecule has 1 aromatic rings. The fraction of sp³-hybridized carbons (Fsp3) is 0.583. The first-order chi connectivity index (χ1) is 8.31. The number of carbonyl (C=O) groups is 1. The fourth-order valence-electron chi connectivity index (χ4n) is 1.86. The van der Waals surface area contributed by atoms with E-state index in [9.17, 15) is 4.79 Å². The Morgan fingerprint density at radius 3 is 3.11 bits per heavy atom. The van der Waals surface area contributed by atoms with Crippen LogP contribution in [0.15, 0.2) is 17.5 Å². The molecule has 2 N–H and O–H groups in total. The molecule has 2 rings (SSSR count). The smallest absolute Gasteiger partial charge is 0.250 e. The highest BCUT2D eigenvalue weighted by molar-refractivity contribution is 7.10. The molecule has 18 heavy (non-hydrogen) atoms. The van der Waals surface area contributed by atoms with Gasteiger partial charge in [-0.3, -0.25) is 4.79 Å². The van der Waals surface area contributed by atoms with E-state index in [1.54, 1.807) is 11.3 Å². The van der Waals surface area contributed by atoms with Crippen molar-refractivity contribution in [3.63, 3.8) is 0 Å². The van der Waals surface area contributed by atoms with Crippen LogP contribution >= 0.6 is 23.7 Å². The summed E-state index contributed by atoms with van der Waals surface area (Å²) in [6.45, 7) is 4.11. The highest BCUT2D eigenvalue weighted by Crippen LogP contribution is 2.21. The molecule has 2 atom stereocenters. The Hall–Kier alpha value is -0.620. The van der Waals surface area contributed by atoms with E-state index < -0.39 is 0 Å². The topological polar surface area (TPSA) is 50.4 Å².